The Labute approximate surface area is 197 Å². The molecule has 0 aliphatic carbocycles. The van der Waals surface area contributed by atoms with Gasteiger partial charge in [0.15, 0.2) is 11.6 Å². The third-order valence-electron chi connectivity index (χ3n) is 5.95. The highest BCUT2D eigenvalue weighted by Crippen LogP contribution is 2.34. The first-order valence-corrected chi connectivity index (χ1v) is 10.9. The van der Waals surface area contributed by atoms with E-state index in [1.54, 1.807) is 30.6 Å². The fraction of sp³-hybridized carbons (Fsp3) is 0.292. The largest absolute Gasteiger partial charge is 0.489 e. The molecule has 33 heavy (non-hydrogen) atoms. The standard InChI is InChI=1S/C24H26ClFN6O/c1-14-7-30-9-19(25)18(14)10-33-16-3-4-21(28)17(6-16)22(29)15-5-20(26)23(31-8-15)32-12-24(2,11-27)13-32/h3-9,29H,10-13,27-28H2,1-2H3. The molecule has 0 radical (unpaired) electrons. The molecule has 2 aromatic heterocycles. The van der Waals surface area contributed by atoms with E-state index in [1.165, 1.54) is 12.3 Å². The molecule has 0 atom stereocenters. The van der Waals surface area contributed by atoms with E-state index >= 15 is 0 Å². The van der Waals surface area contributed by atoms with E-state index in [-0.39, 0.29) is 23.6 Å². The molecule has 1 saturated heterocycles. The Kier molecular flexibility index (Phi) is 6.23. The van der Waals surface area contributed by atoms with Crippen molar-refractivity contribution in [1.82, 2.24) is 9.97 Å². The van der Waals surface area contributed by atoms with Crippen LogP contribution in [0, 0.1) is 23.6 Å². The van der Waals surface area contributed by atoms with Crippen molar-refractivity contribution in [1.29, 1.82) is 5.41 Å². The van der Waals surface area contributed by atoms with Gasteiger partial charge < -0.3 is 21.1 Å². The number of hydrogen-bond donors (Lipinski definition) is 3. The van der Waals surface area contributed by atoms with Gasteiger partial charge in [-0.3, -0.25) is 10.4 Å². The van der Waals surface area contributed by atoms with Gasteiger partial charge in [-0.15, -0.1) is 0 Å². The van der Waals surface area contributed by atoms with Crippen molar-refractivity contribution < 1.29 is 9.13 Å². The zero-order valence-corrected chi connectivity index (χ0v) is 19.3. The van der Waals surface area contributed by atoms with Crippen molar-refractivity contribution in [2.24, 2.45) is 11.1 Å². The normalized spacial score (nSPS) is 14.6. The number of ether oxygens (including phenoxy) is 1. The third kappa shape index (κ3) is 4.62. The maximum absolute atomic E-state index is 14.8. The van der Waals surface area contributed by atoms with Crippen LogP contribution in [-0.2, 0) is 6.61 Å². The summed E-state index contributed by atoms with van der Waals surface area (Å²) >= 11 is 6.22. The fourth-order valence-corrected chi connectivity index (χ4v) is 4.11. The number of benzene rings is 1. The van der Waals surface area contributed by atoms with E-state index in [4.69, 9.17) is 33.2 Å². The first-order chi connectivity index (χ1) is 15.7. The number of aryl methyl sites for hydroxylation is 1. The van der Waals surface area contributed by atoms with Crippen LogP contribution in [0.5, 0.6) is 5.75 Å². The summed E-state index contributed by atoms with van der Waals surface area (Å²) in [5.41, 5.74) is 14.8. The SMILES string of the molecule is Cc1cncc(Cl)c1COc1ccc(N)c(C(=N)c2cnc(N3CC(C)(CN)C3)c(F)c2)c1. The molecule has 3 heterocycles. The summed E-state index contributed by atoms with van der Waals surface area (Å²) < 4.78 is 20.7. The molecule has 0 saturated carbocycles. The van der Waals surface area contributed by atoms with Crippen molar-refractivity contribution in [3.05, 3.63) is 75.9 Å². The minimum absolute atomic E-state index is 0.0204. The summed E-state index contributed by atoms with van der Waals surface area (Å²) in [7, 11) is 0. The zero-order chi connectivity index (χ0) is 23.8. The molecule has 172 valence electrons. The van der Waals surface area contributed by atoms with Crippen LogP contribution in [0.25, 0.3) is 0 Å². The Balaban J connectivity index is 1.52. The molecule has 5 N–H and O–H groups in total. The molecule has 1 aliphatic rings. The van der Waals surface area contributed by atoms with Gasteiger partial charge in [-0.1, -0.05) is 18.5 Å². The number of rotatable bonds is 7. The average molecular weight is 469 g/mol. The lowest BCUT2D eigenvalue weighted by Gasteiger charge is -2.48. The zero-order valence-electron chi connectivity index (χ0n) is 18.5. The molecule has 3 aromatic rings. The van der Waals surface area contributed by atoms with Gasteiger partial charge in [0.2, 0.25) is 0 Å². The molecule has 1 aliphatic heterocycles. The van der Waals surface area contributed by atoms with E-state index in [2.05, 4.69) is 16.9 Å². The van der Waals surface area contributed by atoms with Crippen LogP contribution in [0.1, 0.15) is 29.2 Å². The average Bonchev–Trinajstić information content (AvgIpc) is 2.77. The quantitative estimate of drug-likeness (QED) is 0.357. The summed E-state index contributed by atoms with van der Waals surface area (Å²) in [5.74, 6) is 0.306. The van der Waals surface area contributed by atoms with Crippen LogP contribution in [0.15, 0.2) is 42.9 Å². The van der Waals surface area contributed by atoms with Gasteiger partial charge >= 0.3 is 0 Å². The lowest BCUT2D eigenvalue weighted by molar-refractivity contribution is 0.250. The molecule has 1 fully saturated rings. The van der Waals surface area contributed by atoms with Crippen molar-refractivity contribution >= 4 is 28.8 Å². The van der Waals surface area contributed by atoms with Gasteiger partial charge in [-0.2, -0.15) is 0 Å². The van der Waals surface area contributed by atoms with Crippen molar-refractivity contribution in [2.45, 2.75) is 20.5 Å². The molecule has 1 aromatic carbocycles. The van der Waals surface area contributed by atoms with E-state index in [1.807, 2.05) is 11.8 Å². The summed E-state index contributed by atoms with van der Waals surface area (Å²) in [6, 6.07) is 6.36. The lowest BCUT2D eigenvalue weighted by Crippen LogP contribution is -2.58. The van der Waals surface area contributed by atoms with E-state index in [9.17, 15) is 4.39 Å². The maximum Gasteiger partial charge on any atom is 0.166 e. The predicted octanol–water partition coefficient (Wildman–Crippen LogP) is 3.94. The molecule has 9 heteroatoms. The Bertz CT molecular complexity index is 1190. The summed E-state index contributed by atoms with van der Waals surface area (Å²) in [5, 5.41) is 9.12. The minimum atomic E-state index is -0.481. The van der Waals surface area contributed by atoms with E-state index in [0.717, 1.165) is 11.1 Å². The number of nitrogens with one attached hydrogen (secondary N) is 1. The lowest BCUT2D eigenvalue weighted by atomic mass is 9.82. The number of nitrogens with zero attached hydrogens (tertiary/aromatic N) is 3. The Morgan fingerprint density at radius 2 is 2.03 bits per heavy atom. The Morgan fingerprint density at radius 3 is 2.70 bits per heavy atom. The summed E-state index contributed by atoms with van der Waals surface area (Å²) in [6.07, 6.45) is 4.78. The van der Waals surface area contributed by atoms with Crippen LogP contribution in [0.2, 0.25) is 5.02 Å². The van der Waals surface area contributed by atoms with E-state index < -0.39 is 5.82 Å². The summed E-state index contributed by atoms with van der Waals surface area (Å²) in [4.78, 5) is 10.2. The Hall–Kier alpha value is -3.23. The van der Waals surface area contributed by atoms with Gasteiger partial charge in [0.05, 0.1) is 10.7 Å². The molecule has 0 amide bonds. The second kappa shape index (κ2) is 8.96. The second-order valence-corrected chi connectivity index (χ2v) is 9.14. The first kappa shape index (κ1) is 22.9. The van der Waals surface area contributed by atoms with Gasteiger partial charge in [0.25, 0.3) is 0 Å². The van der Waals surface area contributed by atoms with Gasteiger partial charge in [0, 0.05) is 66.0 Å². The molecule has 7 nitrogen and oxygen atoms in total. The highest BCUT2D eigenvalue weighted by Gasteiger charge is 2.39. The Morgan fingerprint density at radius 1 is 1.27 bits per heavy atom. The van der Waals surface area contributed by atoms with Gasteiger partial charge in [-0.25, -0.2) is 9.37 Å². The topological polar surface area (TPSA) is 114 Å². The number of anilines is 2. The van der Waals surface area contributed by atoms with Crippen molar-refractivity contribution in [3.63, 3.8) is 0 Å². The number of nitrogen functional groups attached to an aromatic ring is 1. The van der Waals surface area contributed by atoms with Crippen LogP contribution in [-0.4, -0.2) is 35.3 Å². The van der Waals surface area contributed by atoms with Crippen molar-refractivity contribution in [3.8, 4) is 5.75 Å². The third-order valence-corrected chi connectivity index (χ3v) is 6.27. The molecule has 0 spiro atoms. The monoisotopic (exact) mass is 468 g/mol. The van der Waals surface area contributed by atoms with Crippen LogP contribution >= 0.6 is 11.6 Å². The molecular weight excluding hydrogens is 443 g/mol. The molecule has 0 unspecified atom stereocenters. The summed E-state index contributed by atoms with van der Waals surface area (Å²) in [6.45, 7) is 6.05. The van der Waals surface area contributed by atoms with Gasteiger partial charge in [0.1, 0.15) is 12.4 Å². The van der Waals surface area contributed by atoms with Gasteiger partial charge in [-0.05, 0) is 36.8 Å². The smallest absolute Gasteiger partial charge is 0.166 e. The van der Waals surface area contributed by atoms with Crippen LogP contribution in [0.3, 0.4) is 0 Å². The predicted molar refractivity (Wildman–Crippen MR) is 129 cm³/mol. The number of hydrogen-bond acceptors (Lipinski definition) is 7. The highest BCUT2D eigenvalue weighted by atomic mass is 35.5. The maximum atomic E-state index is 14.8. The number of nitrogens with two attached hydrogens (primary N) is 2. The molecule has 0 bridgehead atoms. The van der Waals surface area contributed by atoms with Crippen molar-refractivity contribution in [2.75, 3.05) is 30.3 Å². The van der Waals surface area contributed by atoms with Crippen LogP contribution in [0.4, 0.5) is 15.9 Å². The molecule has 4 rings (SSSR count). The number of aromatic nitrogens is 2. The molecular formula is C24H26ClFN6O. The fourth-order valence-electron chi connectivity index (χ4n) is 3.85. The van der Waals surface area contributed by atoms with Crippen LogP contribution < -0.4 is 21.1 Å². The van der Waals surface area contributed by atoms with E-state index in [0.29, 0.717) is 47.2 Å². The number of pyridine rings is 2. The second-order valence-electron chi connectivity index (χ2n) is 8.73. The minimum Gasteiger partial charge on any atom is -0.489 e. The highest BCUT2D eigenvalue weighted by molar-refractivity contribution is 6.31. The number of halogens is 2. The first-order valence-electron chi connectivity index (χ1n) is 10.5.